The first-order chi connectivity index (χ1) is 18.9. The maximum atomic E-state index is 14.8. The minimum absolute atomic E-state index is 0.00696. The molecule has 1 aliphatic heterocycles. The first kappa shape index (κ1) is 30.0. The number of likely N-dealkylation sites (tertiary alicyclic amines) is 1. The van der Waals surface area contributed by atoms with Crippen LogP contribution in [0, 0.1) is 0 Å². The monoisotopic (exact) mass is 590 g/mol. The number of alkyl halides is 7. The highest BCUT2D eigenvalue weighted by atomic mass is 19.4. The Morgan fingerprint density at radius 2 is 1.83 bits per heavy atom. The summed E-state index contributed by atoms with van der Waals surface area (Å²) in [5, 5.41) is 15.9. The van der Waals surface area contributed by atoms with Crippen LogP contribution in [0.1, 0.15) is 41.8 Å². The number of hydrogen-bond acceptors (Lipinski definition) is 6. The minimum Gasteiger partial charge on any atom is -0.382 e. The van der Waals surface area contributed by atoms with E-state index in [0.717, 1.165) is 21.8 Å². The van der Waals surface area contributed by atoms with Crippen molar-refractivity contribution in [1.29, 1.82) is 0 Å². The zero-order valence-corrected chi connectivity index (χ0v) is 21.6. The first-order valence-corrected chi connectivity index (χ1v) is 12.3. The number of aryl methyl sites for hydroxylation is 1. The standard InChI is InChI=1S/C25H25F7N6O3/c1-3-12-4-5-13(18-7-15(24(27,28)29)20-21(33)34-11-35-38(18)20)6-14(12)22(40)36-17-10-37(9-16(17)26)19(39)8-23(2,41)25(30,31)32/h4-7,11,16-17,41H,3,8-10H2,1-2H3,(H,36,40)(H2,33,34,35)/t16-,17+,23?/m0/s1. The van der Waals surface area contributed by atoms with Crippen LogP contribution in [0.2, 0.25) is 0 Å². The molecule has 3 heterocycles. The van der Waals surface area contributed by atoms with Crippen LogP contribution in [0.25, 0.3) is 16.8 Å². The molecule has 4 N–H and O–H groups in total. The van der Waals surface area contributed by atoms with Crippen LogP contribution in [-0.2, 0) is 17.4 Å². The number of aromatic nitrogens is 3. The van der Waals surface area contributed by atoms with Gasteiger partial charge in [0.2, 0.25) is 5.91 Å². The summed E-state index contributed by atoms with van der Waals surface area (Å²) in [4.78, 5) is 30.0. The third-order valence-electron chi connectivity index (χ3n) is 6.94. The van der Waals surface area contributed by atoms with E-state index in [1.807, 2.05) is 0 Å². The van der Waals surface area contributed by atoms with Crippen molar-refractivity contribution in [3.05, 3.63) is 47.3 Å². The Labute approximate surface area is 228 Å². The van der Waals surface area contributed by atoms with Gasteiger partial charge in [-0.2, -0.15) is 31.4 Å². The molecule has 0 aliphatic carbocycles. The Kier molecular flexibility index (Phi) is 7.66. The second kappa shape index (κ2) is 10.5. The lowest BCUT2D eigenvalue weighted by Gasteiger charge is -2.27. The molecule has 41 heavy (non-hydrogen) atoms. The van der Waals surface area contributed by atoms with Crippen molar-refractivity contribution in [3.63, 3.8) is 0 Å². The summed E-state index contributed by atoms with van der Waals surface area (Å²) < 4.78 is 95.8. The van der Waals surface area contributed by atoms with Gasteiger partial charge in [-0.25, -0.2) is 13.9 Å². The average Bonchev–Trinajstić information content (AvgIpc) is 3.44. The number of nitrogens with zero attached hydrogens (tertiary/aromatic N) is 4. The number of fused-ring (bicyclic) bond motifs is 1. The van der Waals surface area contributed by atoms with E-state index in [-0.39, 0.29) is 16.8 Å². The molecule has 1 aliphatic rings. The highest BCUT2D eigenvalue weighted by Crippen LogP contribution is 2.39. The summed E-state index contributed by atoms with van der Waals surface area (Å²) in [5.74, 6) is -2.36. The van der Waals surface area contributed by atoms with Crippen molar-refractivity contribution in [2.45, 2.75) is 56.9 Å². The van der Waals surface area contributed by atoms with E-state index in [9.17, 15) is 45.4 Å². The van der Waals surface area contributed by atoms with Crippen LogP contribution in [0.3, 0.4) is 0 Å². The van der Waals surface area contributed by atoms with E-state index < -0.39 is 78.4 Å². The fourth-order valence-corrected chi connectivity index (χ4v) is 4.60. The second-order valence-corrected chi connectivity index (χ2v) is 9.92. The number of halogens is 7. The summed E-state index contributed by atoms with van der Waals surface area (Å²) in [7, 11) is 0. The zero-order valence-electron chi connectivity index (χ0n) is 21.6. The Morgan fingerprint density at radius 3 is 2.44 bits per heavy atom. The van der Waals surface area contributed by atoms with Crippen LogP contribution in [-0.4, -0.2) is 73.5 Å². The molecule has 3 atom stereocenters. The summed E-state index contributed by atoms with van der Waals surface area (Å²) in [6, 6.07) is 3.83. The minimum atomic E-state index is -5.09. The molecule has 0 radical (unpaired) electrons. The van der Waals surface area contributed by atoms with Crippen LogP contribution >= 0.6 is 0 Å². The molecule has 222 valence electrons. The maximum Gasteiger partial charge on any atom is 0.418 e. The molecule has 4 rings (SSSR count). The predicted molar refractivity (Wildman–Crippen MR) is 131 cm³/mol. The molecule has 1 aromatic carbocycles. The number of anilines is 1. The number of aliphatic hydroxyl groups is 1. The van der Waals surface area contributed by atoms with Gasteiger partial charge in [-0.15, -0.1) is 0 Å². The van der Waals surface area contributed by atoms with E-state index in [1.54, 1.807) is 6.92 Å². The van der Waals surface area contributed by atoms with Gasteiger partial charge in [0.05, 0.1) is 30.3 Å². The maximum absolute atomic E-state index is 14.8. The number of nitrogen functional groups attached to an aromatic ring is 1. The van der Waals surface area contributed by atoms with Gasteiger partial charge in [-0.1, -0.05) is 19.1 Å². The average molecular weight is 591 g/mol. The molecule has 0 saturated carbocycles. The summed E-state index contributed by atoms with van der Waals surface area (Å²) in [6.45, 7) is 1.10. The third kappa shape index (κ3) is 5.78. The number of carbonyl (C=O) groups excluding carboxylic acids is 2. The number of benzene rings is 1. The molecule has 0 bridgehead atoms. The number of nitrogens with one attached hydrogen (secondary N) is 1. The van der Waals surface area contributed by atoms with Crippen LogP contribution < -0.4 is 11.1 Å². The SMILES string of the molecule is CCc1ccc(-c2cc(C(F)(F)F)c3c(N)ncnn23)cc1C(=O)N[C@@H]1CN(C(=O)CC(C)(O)C(F)(F)F)C[C@@H]1F. The van der Waals surface area contributed by atoms with Crippen molar-refractivity contribution in [1.82, 2.24) is 24.8 Å². The topological polar surface area (TPSA) is 126 Å². The number of rotatable bonds is 6. The Morgan fingerprint density at radius 1 is 1.15 bits per heavy atom. The predicted octanol–water partition coefficient (Wildman–Crippen LogP) is 3.54. The number of amides is 2. The van der Waals surface area contributed by atoms with Gasteiger partial charge >= 0.3 is 12.4 Å². The van der Waals surface area contributed by atoms with Crippen LogP contribution in [0.15, 0.2) is 30.6 Å². The van der Waals surface area contributed by atoms with E-state index in [2.05, 4.69) is 15.4 Å². The Balaban J connectivity index is 1.60. The fraction of sp³-hybridized carbons (Fsp3) is 0.440. The van der Waals surface area contributed by atoms with Gasteiger partial charge < -0.3 is 21.1 Å². The van der Waals surface area contributed by atoms with Crippen molar-refractivity contribution >= 4 is 23.1 Å². The molecule has 9 nitrogen and oxygen atoms in total. The number of carbonyl (C=O) groups is 2. The van der Waals surface area contributed by atoms with E-state index in [4.69, 9.17) is 5.73 Å². The van der Waals surface area contributed by atoms with E-state index in [1.165, 1.54) is 18.2 Å². The van der Waals surface area contributed by atoms with Crippen molar-refractivity contribution in [3.8, 4) is 11.3 Å². The largest absolute Gasteiger partial charge is 0.418 e. The smallest absolute Gasteiger partial charge is 0.382 e. The normalized spacial score (nSPS) is 19.4. The number of hydrogen-bond donors (Lipinski definition) is 3. The van der Waals surface area contributed by atoms with Gasteiger partial charge in [-0.05, 0) is 31.0 Å². The molecular formula is C25H25F7N6O3. The first-order valence-electron chi connectivity index (χ1n) is 12.3. The molecule has 2 aromatic heterocycles. The zero-order chi connectivity index (χ0) is 30.5. The van der Waals surface area contributed by atoms with E-state index >= 15 is 0 Å². The third-order valence-corrected chi connectivity index (χ3v) is 6.94. The summed E-state index contributed by atoms with van der Waals surface area (Å²) >= 11 is 0. The van der Waals surface area contributed by atoms with Crippen LogP contribution in [0.5, 0.6) is 0 Å². The Bertz CT molecular complexity index is 1480. The molecular weight excluding hydrogens is 565 g/mol. The van der Waals surface area contributed by atoms with Crippen LogP contribution in [0.4, 0.5) is 36.6 Å². The lowest BCUT2D eigenvalue weighted by Crippen LogP contribution is -2.47. The lowest BCUT2D eigenvalue weighted by atomic mass is 9.99. The molecule has 1 unspecified atom stereocenters. The van der Waals surface area contributed by atoms with E-state index in [0.29, 0.717) is 18.9 Å². The second-order valence-electron chi connectivity index (χ2n) is 9.92. The molecule has 1 fully saturated rings. The molecule has 16 heteroatoms. The summed E-state index contributed by atoms with van der Waals surface area (Å²) in [5.41, 5.74) is 1.40. The number of nitrogens with two attached hydrogens (primary N) is 1. The fourth-order valence-electron chi connectivity index (χ4n) is 4.60. The van der Waals surface area contributed by atoms with Gasteiger partial charge in [0, 0.05) is 17.7 Å². The lowest BCUT2D eigenvalue weighted by molar-refractivity contribution is -0.254. The summed E-state index contributed by atoms with van der Waals surface area (Å²) in [6.07, 6.45) is -11.7. The molecule has 2 amide bonds. The molecule has 3 aromatic rings. The van der Waals surface area contributed by atoms with Gasteiger partial charge in [-0.3, -0.25) is 9.59 Å². The quantitative estimate of drug-likeness (QED) is 0.377. The van der Waals surface area contributed by atoms with Gasteiger partial charge in [0.25, 0.3) is 5.91 Å². The highest BCUT2D eigenvalue weighted by molar-refractivity contribution is 5.97. The van der Waals surface area contributed by atoms with Gasteiger partial charge in [0.1, 0.15) is 18.0 Å². The Hall–Kier alpha value is -3.95. The van der Waals surface area contributed by atoms with Crippen molar-refractivity contribution in [2.75, 3.05) is 18.8 Å². The van der Waals surface area contributed by atoms with Gasteiger partial charge in [0.15, 0.2) is 11.4 Å². The molecule has 1 saturated heterocycles. The van der Waals surface area contributed by atoms with Crippen molar-refractivity contribution < 1.29 is 45.4 Å². The van der Waals surface area contributed by atoms with Crippen molar-refractivity contribution in [2.24, 2.45) is 0 Å². The molecule has 0 spiro atoms. The highest BCUT2D eigenvalue weighted by Gasteiger charge is 2.52.